The van der Waals surface area contributed by atoms with Crippen LogP contribution in [0.3, 0.4) is 0 Å². The average molecular weight is 287 g/mol. The van der Waals surface area contributed by atoms with Gasteiger partial charge >= 0.3 is 0 Å². The van der Waals surface area contributed by atoms with Crippen molar-refractivity contribution >= 4 is 33.9 Å². The third-order valence-electron chi connectivity index (χ3n) is 2.62. The van der Waals surface area contributed by atoms with Crippen molar-refractivity contribution < 1.29 is 4.79 Å². The lowest BCUT2D eigenvalue weighted by Gasteiger charge is -2.10. The SMILES string of the molecule is CCS(=NC(=O)c1cc(Cl)cc(C)c1N)C(C)C. The molecule has 1 atom stereocenters. The van der Waals surface area contributed by atoms with Crippen LogP contribution in [0.15, 0.2) is 16.5 Å². The molecule has 0 saturated heterocycles. The Morgan fingerprint density at radius 1 is 1.50 bits per heavy atom. The number of aryl methyl sites for hydroxylation is 1. The first-order valence-corrected chi connectivity index (χ1v) is 7.67. The molecule has 0 bridgehead atoms. The predicted molar refractivity (Wildman–Crippen MR) is 80.4 cm³/mol. The highest BCUT2D eigenvalue weighted by Gasteiger charge is 2.13. The highest BCUT2D eigenvalue weighted by atomic mass is 35.5. The summed E-state index contributed by atoms with van der Waals surface area (Å²) in [6, 6.07) is 3.34. The molecular formula is C13H19ClN2OS. The minimum Gasteiger partial charge on any atom is -0.398 e. The van der Waals surface area contributed by atoms with E-state index in [0.29, 0.717) is 21.5 Å². The second-order valence-electron chi connectivity index (χ2n) is 4.32. The van der Waals surface area contributed by atoms with Crippen LogP contribution in [0, 0.1) is 6.92 Å². The zero-order valence-electron chi connectivity index (χ0n) is 11.2. The molecule has 0 aliphatic carbocycles. The van der Waals surface area contributed by atoms with Crippen LogP contribution in [0.4, 0.5) is 5.69 Å². The molecule has 0 aromatic heterocycles. The van der Waals surface area contributed by atoms with Gasteiger partial charge in [-0.2, -0.15) is 4.36 Å². The largest absolute Gasteiger partial charge is 0.398 e. The molecule has 1 aromatic rings. The normalized spacial score (nSPS) is 13.0. The molecule has 18 heavy (non-hydrogen) atoms. The first-order valence-electron chi connectivity index (χ1n) is 5.88. The quantitative estimate of drug-likeness (QED) is 0.863. The number of anilines is 1. The molecule has 1 amide bonds. The average Bonchev–Trinajstić information content (AvgIpc) is 2.29. The first-order chi connectivity index (χ1) is 8.36. The van der Waals surface area contributed by atoms with Crippen molar-refractivity contribution in [2.75, 3.05) is 11.5 Å². The van der Waals surface area contributed by atoms with Crippen molar-refractivity contribution in [2.24, 2.45) is 4.36 Å². The van der Waals surface area contributed by atoms with Crippen LogP contribution in [-0.2, 0) is 10.7 Å². The Hall–Kier alpha value is -0.870. The molecule has 3 nitrogen and oxygen atoms in total. The molecule has 5 heteroatoms. The van der Waals surface area contributed by atoms with Crippen LogP contribution < -0.4 is 5.73 Å². The molecule has 0 saturated carbocycles. The van der Waals surface area contributed by atoms with Crippen molar-refractivity contribution in [3.63, 3.8) is 0 Å². The van der Waals surface area contributed by atoms with E-state index in [1.54, 1.807) is 12.1 Å². The van der Waals surface area contributed by atoms with Crippen LogP contribution in [0.5, 0.6) is 0 Å². The molecule has 1 unspecified atom stereocenters. The van der Waals surface area contributed by atoms with Gasteiger partial charge in [0.05, 0.1) is 5.56 Å². The van der Waals surface area contributed by atoms with Gasteiger partial charge in [0.1, 0.15) is 0 Å². The van der Waals surface area contributed by atoms with Crippen molar-refractivity contribution in [3.05, 3.63) is 28.3 Å². The van der Waals surface area contributed by atoms with Gasteiger partial charge < -0.3 is 5.73 Å². The Morgan fingerprint density at radius 2 is 2.11 bits per heavy atom. The molecule has 2 N–H and O–H groups in total. The first kappa shape index (κ1) is 15.2. The maximum Gasteiger partial charge on any atom is 0.285 e. The van der Waals surface area contributed by atoms with Gasteiger partial charge in [-0.25, -0.2) is 0 Å². The fourth-order valence-corrected chi connectivity index (χ4v) is 3.18. The van der Waals surface area contributed by atoms with E-state index in [0.717, 1.165) is 11.3 Å². The van der Waals surface area contributed by atoms with Crippen molar-refractivity contribution in [2.45, 2.75) is 32.9 Å². The van der Waals surface area contributed by atoms with Gasteiger partial charge in [0.2, 0.25) is 0 Å². The lowest BCUT2D eigenvalue weighted by atomic mass is 10.1. The molecular weight excluding hydrogens is 268 g/mol. The van der Waals surface area contributed by atoms with E-state index < -0.39 is 0 Å². The topological polar surface area (TPSA) is 55.5 Å². The Morgan fingerprint density at radius 3 is 2.61 bits per heavy atom. The minimum absolute atomic E-state index is 0.258. The van der Waals surface area contributed by atoms with Crippen LogP contribution >= 0.6 is 11.6 Å². The number of nitrogen functional groups attached to an aromatic ring is 1. The summed E-state index contributed by atoms with van der Waals surface area (Å²) < 4.78 is 4.26. The molecule has 0 radical (unpaired) electrons. The number of benzene rings is 1. The van der Waals surface area contributed by atoms with Crippen LogP contribution in [0.2, 0.25) is 5.02 Å². The lowest BCUT2D eigenvalue weighted by molar-refractivity contribution is 0.101. The molecule has 0 aliphatic rings. The van der Waals surface area contributed by atoms with E-state index in [1.807, 2.05) is 13.8 Å². The minimum atomic E-state index is -0.267. The number of carbonyl (C=O) groups excluding carboxylic acids is 1. The van der Waals surface area contributed by atoms with Gasteiger partial charge in [-0.1, -0.05) is 43.1 Å². The van der Waals surface area contributed by atoms with Gasteiger partial charge in [-0.05, 0) is 24.6 Å². The second-order valence-corrected chi connectivity index (χ2v) is 7.26. The van der Waals surface area contributed by atoms with E-state index >= 15 is 0 Å². The monoisotopic (exact) mass is 286 g/mol. The number of rotatable bonds is 3. The molecule has 0 spiro atoms. The lowest BCUT2D eigenvalue weighted by Crippen LogP contribution is -2.11. The van der Waals surface area contributed by atoms with Gasteiger partial charge in [0, 0.05) is 21.7 Å². The Bertz CT molecular complexity index is 498. The van der Waals surface area contributed by atoms with E-state index in [4.69, 9.17) is 17.3 Å². The second kappa shape index (κ2) is 6.34. The van der Waals surface area contributed by atoms with Crippen molar-refractivity contribution in [1.29, 1.82) is 0 Å². The van der Waals surface area contributed by atoms with E-state index in [-0.39, 0.29) is 16.6 Å². The molecule has 1 rings (SSSR count). The fourth-order valence-electron chi connectivity index (χ4n) is 1.59. The molecule has 0 heterocycles. The van der Waals surface area contributed by atoms with E-state index in [9.17, 15) is 4.79 Å². The summed E-state index contributed by atoms with van der Waals surface area (Å²) in [5, 5.41) is 0.877. The number of halogens is 1. The zero-order valence-corrected chi connectivity index (χ0v) is 12.7. The molecule has 0 aliphatic heterocycles. The Kier molecular flexibility index (Phi) is 5.35. The molecule has 1 aromatic carbocycles. The summed E-state index contributed by atoms with van der Waals surface area (Å²) in [4.78, 5) is 12.1. The van der Waals surface area contributed by atoms with Gasteiger partial charge in [0.25, 0.3) is 5.91 Å². The summed E-state index contributed by atoms with van der Waals surface area (Å²) in [5.41, 5.74) is 7.59. The van der Waals surface area contributed by atoms with Gasteiger partial charge in [-0.3, -0.25) is 4.79 Å². The third kappa shape index (κ3) is 3.56. The van der Waals surface area contributed by atoms with Gasteiger partial charge in [-0.15, -0.1) is 0 Å². The number of nitrogens with zero attached hydrogens (tertiary/aromatic N) is 1. The number of hydrogen-bond acceptors (Lipinski definition) is 2. The van der Waals surface area contributed by atoms with Gasteiger partial charge in [0.15, 0.2) is 0 Å². The highest BCUT2D eigenvalue weighted by Crippen LogP contribution is 2.23. The van der Waals surface area contributed by atoms with Crippen LogP contribution in [-0.4, -0.2) is 16.9 Å². The van der Waals surface area contributed by atoms with E-state index in [2.05, 4.69) is 18.2 Å². The highest BCUT2D eigenvalue weighted by molar-refractivity contribution is 7.88. The molecule has 100 valence electrons. The number of hydrogen-bond donors (Lipinski definition) is 1. The number of amides is 1. The Balaban J connectivity index is 3.19. The van der Waals surface area contributed by atoms with Crippen LogP contribution in [0.1, 0.15) is 36.7 Å². The number of carbonyl (C=O) groups is 1. The standard InChI is InChI=1S/C13H19ClN2OS/c1-5-18(8(2)3)16-13(17)11-7-10(14)6-9(4)12(11)15/h6-8H,5,15H2,1-4H3. The summed E-state index contributed by atoms with van der Waals surface area (Å²) in [6.07, 6.45) is 0. The summed E-state index contributed by atoms with van der Waals surface area (Å²) in [6.45, 7) is 8.00. The summed E-state index contributed by atoms with van der Waals surface area (Å²) in [5.74, 6) is 0.597. The summed E-state index contributed by atoms with van der Waals surface area (Å²) in [7, 11) is -0.258. The third-order valence-corrected chi connectivity index (χ3v) is 4.92. The summed E-state index contributed by atoms with van der Waals surface area (Å²) >= 11 is 5.95. The number of nitrogens with two attached hydrogens (primary N) is 1. The maximum atomic E-state index is 12.1. The van der Waals surface area contributed by atoms with Crippen LogP contribution in [0.25, 0.3) is 0 Å². The maximum absolute atomic E-state index is 12.1. The van der Waals surface area contributed by atoms with Crippen molar-refractivity contribution in [3.8, 4) is 0 Å². The Labute approximate surface area is 116 Å². The zero-order chi connectivity index (χ0) is 13.9. The fraction of sp³-hybridized carbons (Fsp3) is 0.462. The predicted octanol–water partition coefficient (Wildman–Crippen LogP) is 3.60. The van der Waals surface area contributed by atoms with E-state index in [1.165, 1.54) is 0 Å². The smallest absolute Gasteiger partial charge is 0.285 e. The molecule has 0 fully saturated rings. The van der Waals surface area contributed by atoms with Crippen molar-refractivity contribution in [1.82, 2.24) is 0 Å².